The van der Waals surface area contributed by atoms with E-state index < -0.39 is 57.9 Å². The zero-order chi connectivity index (χ0) is 43.0. The summed E-state index contributed by atoms with van der Waals surface area (Å²) in [6, 6.07) is 0. The molecule has 0 radical (unpaired) electrons. The molecule has 11 nitrogen and oxygen atoms in total. The average Bonchev–Trinajstić information content (AvgIpc) is 3.19. The molecule has 58 heavy (non-hydrogen) atoms. The quantitative estimate of drug-likeness (QED) is 0.0152. The first-order valence-electron chi connectivity index (χ1n) is 22.6. The molecular weight excluding hydrogens is 759 g/mol. The van der Waals surface area contributed by atoms with E-state index in [-0.39, 0.29) is 19.4 Å². The number of allylic oxidation sites excluding steroid dienone is 6. The van der Waals surface area contributed by atoms with Crippen molar-refractivity contribution in [2.45, 2.75) is 200 Å². The van der Waals surface area contributed by atoms with Crippen LogP contribution in [0.25, 0.3) is 0 Å². The van der Waals surface area contributed by atoms with Gasteiger partial charge in [0, 0.05) is 12.8 Å². The lowest BCUT2D eigenvalue weighted by atomic mass is 10.0. The van der Waals surface area contributed by atoms with Crippen LogP contribution in [0.4, 0.5) is 0 Å². The second-order valence-electron chi connectivity index (χ2n) is 15.8. The van der Waals surface area contributed by atoms with Crippen molar-refractivity contribution in [3.05, 3.63) is 48.6 Å². The molecule has 0 fully saturated rings. The number of hydrogen-bond acceptors (Lipinski definition) is 10. The average molecular weight is 843 g/mol. The number of hydrogen-bond donors (Lipinski definition) is 4. The molecule has 0 saturated heterocycles. The van der Waals surface area contributed by atoms with Gasteiger partial charge in [0.1, 0.15) is 12.7 Å². The van der Waals surface area contributed by atoms with Crippen molar-refractivity contribution in [1.82, 2.24) is 0 Å². The second-order valence-corrected chi connectivity index (χ2v) is 17.2. The largest absolute Gasteiger partial charge is 0.472 e. The van der Waals surface area contributed by atoms with Crippen LogP contribution in [-0.4, -0.2) is 76.9 Å². The number of aliphatic hydroxyl groups is 3. The molecule has 4 N–H and O–H groups in total. The Hall–Kier alpha value is -2.11. The van der Waals surface area contributed by atoms with E-state index in [9.17, 15) is 29.3 Å². The Balaban J connectivity index is 4.43. The normalized spacial score (nSPS) is 14.9. The predicted octanol–water partition coefficient (Wildman–Crippen LogP) is 10.9. The van der Waals surface area contributed by atoms with Crippen LogP contribution in [0.2, 0.25) is 0 Å². The van der Waals surface area contributed by atoms with E-state index in [0.29, 0.717) is 25.7 Å². The smallest absolute Gasteiger partial charge is 0.462 e. The van der Waals surface area contributed by atoms with Crippen molar-refractivity contribution in [1.29, 1.82) is 0 Å². The van der Waals surface area contributed by atoms with Crippen LogP contribution in [0.3, 0.4) is 0 Å². The zero-order valence-electron chi connectivity index (χ0n) is 36.5. The molecule has 12 heteroatoms. The van der Waals surface area contributed by atoms with Crippen LogP contribution in [0, 0.1) is 5.92 Å². The zero-order valence-corrected chi connectivity index (χ0v) is 37.4. The highest BCUT2D eigenvalue weighted by atomic mass is 31.2. The molecule has 0 rings (SSSR count). The van der Waals surface area contributed by atoms with Gasteiger partial charge in [0.05, 0.1) is 25.9 Å². The molecule has 0 aromatic heterocycles. The van der Waals surface area contributed by atoms with Crippen molar-refractivity contribution in [3.63, 3.8) is 0 Å². The van der Waals surface area contributed by atoms with Crippen molar-refractivity contribution < 1.29 is 52.9 Å². The fourth-order valence-electron chi connectivity index (χ4n) is 5.96. The fraction of sp³-hybridized carbons (Fsp3) is 0.783. The summed E-state index contributed by atoms with van der Waals surface area (Å²) in [6.45, 7) is 4.53. The molecule has 0 aromatic carbocycles. The van der Waals surface area contributed by atoms with Crippen LogP contribution >= 0.6 is 7.82 Å². The molecule has 0 aliphatic heterocycles. The van der Waals surface area contributed by atoms with E-state index in [1.54, 1.807) is 12.2 Å². The number of esters is 2. The Morgan fingerprint density at radius 3 is 1.83 bits per heavy atom. The van der Waals surface area contributed by atoms with Gasteiger partial charge >= 0.3 is 19.8 Å². The second kappa shape index (κ2) is 40.3. The molecule has 0 saturated carbocycles. The SMILES string of the molecule is CCCCC/C=C\C/C=C\CC(O)/C=C\C=C\CCCC(=O)OC[C@H](COP(=O)(O)OC[C@@H](O)CO)OC(=O)CCCCCCCCCCCCCCCCC(C)C. The number of carbonyl (C=O) groups is 2. The van der Waals surface area contributed by atoms with Gasteiger partial charge in [-0.3, -0.25) is 18.6 Å². The van der Waals surface area contributed by atoms with E-state index in [0.717, 1.165) is 38.0 Å². The lowest BCUT2D eigenvalue weighted by Crippen LogP contribution is -2.29. The fourth-order valence-corrected chi connectivity index (χ4v) is 6.75. The van der Waals surface area contributed by atoms with Gasteiger partial charge in [-0.2, -0.15) is 0 Å². The van der Waals surface area contributed by atoms with E-state index in [1.165, 1.54) is 89.9 Å². The first kappa shape index (κ1) is 55.9. The number of phosphoric ester groups is 1. The lowest BCUT2D eigenvalue weighted by Gasteiger charge is -2.20. The number of rotatable bonds is 41. The van der Waals surface area contributed by atoms with Crippen LogP contribution in [-0.2, 0) is 32.7 Å². The summed E-state index contributed by atoms with van der Waals surface area (Å²) in [5.41, 5.74) is 0. The van der Waals surface area contributed by atoms with Crippen molar-refractivity contribution in [2.24, 2.45) is 5.92 Å². The molecule has 0 amide bonds. The van der Waals surface area contributed by atoms with Crippen LogP contribution in [0.1, 0.15) is 181 Å². The predicted molar refractivity (Wildman–Crippen MR) is 234 cm³/mol. The third-order valence-electron chi connectivity index (χ3n) is 9.49. The first-order chi connectivity index (χ1) is 28.0. The monoisotopic (exact) mass is 843 g/mol. The minimum atomic E-state index is -4.65. The van der Waals surface area contributed by atoms with Crippen LogP contribution in [0.15, 0.2) is 48.6 Å². The first-order valence-corrected chi connectivity index (χ1v) is 24.1. The molecule has 0 heterocycles. The van der Waals surface area contributed by atoms with Crippen molar-refractivity contribution >= 4 is 19.8 Å². The van der Waals surface area contributed by atoms with E-state index in [4.69, 9.17) is 19.1 Å². The summed E-state index contributed by atoms with van der Waals surface area (Å²) in [5, 5.41) is 28.5. The topological polar surface area (TPSA) is 169 Å². The van der Waals surface area contributed by atoms with Crippen molar-refractivity contribution in [2.75, 3.05) is 26.4 Å². The van der Waals surface area contributed by atoms with Gasteiger partial charge in [0.25, 0.3) is 0 Å². The Labute approximate surface area is 352 Å². The summed E-state index contributed by atoms with van der Waals surface area (Å²) in [6.07, 6.45) is 38.2. The van der Waals surface area contributed by atoms with E-state index >= 15 is 0 Å². The van der Waals surface area contributed by atoms with Crippen LogP contribution < -0.4 is 0 Å². The van der Waals surface area contributed by atoms with E-state index in [1.807, 2.05) is 18.2 Å². The van der Waals surface area contributed by atoms with Gasteiger partial charge in [-0.25, -0.2) is 4.57 Å². The number of ether oxygens (including phenoxy) is 2. The highest BCUT2D eigenvalue weighted by molar-refractivity contribution is 7.47. The summed E-state index contributed by atoms with van der Waals surface area (Å²) < 4.78 is 32.6. The summed E-state index contributed by atoms with van der Waals surface area (Å²) in [7, 11) is -4.65. The molecule has 0 spiro atoms. The maximum Gasteiger partial charge on any atom is 0.472 e. The molecule has 338 valence electrons. The summed E-state index contributed by atoms with van der Waals surface area (Å²) in [4.78, 5) is 35.0. The number of phosphoric acid groups is 1. The summed E-state index contributed by atoms with van der Waals surface area (Å²) in [5.74, 6) is -0.239. The molecular formula is C46H83O11P. The maximum atomic E-state index is 12.6. The van der Waals surface area contributed by atoms with Gasteiger partial charge in [-0.1, -0.05) is 172 Å². The number of aliphatic hydroxyl groups excluding tert-OH is 3. The third kappa shape index (κ3) is 40.7. The van der Waals surface area contributed by atoms with Gasteiger partial charge in [-0.05, 0) is 50.9 Å². The van der Waals surface area contributed by atoms with Gasteiger partial charge < -0.3 is 29.7 Å². The third-order valence-corrected chi connectivity index (χ3v) is 10.4. The minimum Gasteiger partial charge on any atom is -0.462 e. The highest BCUT2D eigenvalue weighted by Crippen LogP contribution is 2.43. The molecule has 0 aromatic rings. The molecule has 0 bridgehead atoms. The molecule has 2 unspecified atom stereocenters. The van der Waals surface area contributed by atoms with E-state index in [2.05, 4.69) is 43.5 Å². The van der Waals surface area contributed by atoms with Gasteiger partial charge in [0.15, 0.2) is 6.10 Å². The summed E-state index contributed by atoms with van der Waals surface area (Å²) >= 11 is 0. The lowest BCUT2D eigenvalue weighted by molar-refractivity contribution is -0.161. The highest BCUT2D eigenvalue weighted by Gasteiger charge is 2.27. The number of carbonyl (C=O) groups excluding carboxylic acids is 2. The Kier molecular flexibility index (Phi) is 38.8. The molecule has 0 aliphatic carbocycles. The number of unbranched alkanes of at least 4 members (excludes halogenated alkanes) is 17. The Morgan fingerprint density at radius 2 is 1.21 bits per heavy atom. The van der Waals surface area contributed by atoms with Gasteiger partial charge in [-0.15, -0.1) is 0 Å². The van der Waals surface area contributed by atoms with Crippen molar-refractivity contribution in [3.8, 4) is 0 Å². The minimum absolute atomic E-state index is 0.107. The maximum absolute atomic E-state index is 12.6. The Bertz CT molecular complexity index is 1140. The molecule has 4 atom stereocenters. The standard InChI is InChI=1S/C46H83O11P/c1-4-5-6-7-8-15-19-23-28-33-42(48)34-29-24-21-26-30-35-45(50)54-39-44(40-56-58(52,53)55-38-43(49)37-47)57-46(51)36-31-25-20-17-14-12-10-9-11-13-16-18-22-27-32-41(2)3/h8,15,21,23-24,28-29,34,41-44,47-49H,4-7,9-14,16-20,22,25-27,30-33,35-40H2,1-3H3,(H,52,53)/b15-8-,24-21+,28-23-,34-29-/t42?,43-,44+/m0/s1. The molecule has 0 aliphatic rings. The Morgan fingerprint density at radius 1 is 0.638 bits per heavy atom. The van der Waals surface area contributed by atoms with Gasteiger partial charge in [0.2, 0.25) is 0 Å². The van der Waals surface area contributed by atoms with Crippen LogP contribution in [0.5, 0.6) is 0 Å².